The Morgan fingerprint density at radius 2 is 2.06 bits per heavy atom. The number of ether oxygens (including phenoxy) is 2. The van der Waals surface area contributed by atoms with Crippen LogP contribution in [0.1, 0.15) is 18.4 Å². The molecule has 94 valence electrons. The third-order valence-electron chi connectivity index (χ3n) is 3.82. The van der Waals surface area contributed by atoms with Crippen molar-refractivity contribution in [2.24, 2.45) is 0 Å². The summed E-state index contributed by atoms with van der Waals surface area (Å²) in [4.78, 5) is 0. The van der Waals surface area contributed by atoms with Gasteiger partial charge in [0.05, 0.1) is 13.7 Å². The second kappa shape index (κ2) is 4.75. The van der Waals surface area contributed by atoms with E-state index >= 15 is 0 Å². The Kier molecular flexibility index (Phi) is 3.50. The first kappa shape index (κ1) is 12.5. The van der Waals surface area contributed by atoms with Gasteiger partial charge < -0.3 is 14.8 Å². The fourth-order valence-corrected chi connectivity index (χ4v) is 2.79. The second-order valence-electron chi connectivity index (χ2n) is 4.68. The lowest BCUT2D eigenvalue weighted by molar-refractivity contribution is 0.220. The molecule has 3 rings (SSSR count). The molecule has 1 aromatic carbocycles. The van der Waals surface area contributed by atoms with Crippen molar-refractivity contribution in [1.82, 2.24) is 5.32 Å². The van der Waals surface area contributed by atoms with E-state index in [4.69, 9.17) is 9.47 Å². The largest absolute Gasteiger partial charge is 0.497 e. The molecular formula is C13H18ClNO2. The zero-order valence-corrected chi connectivity index (χ0v) is 10.8. The van der Waals surface area contributed by atoms with E-state index < -0.39 is 0 Å². The SMILES string of the molecule is COc1ccc2c(c1)C1(CCNCC1)CO2.Cl. The highest BCUT2D eigenvalue weighted by Crippen LogP contribution is 2.45. The molecule has 0 atom stereocenters. The van der Waals surface area contributed by atoms with E-state index in [-0.39, 0.29) is 17.8 Å². The Morgan fingerprint density at radius 3 is 2.76 bits per heavy atom. The molecule has 1 saturated heterocycles. The Morgan fingerprint density at radius 1 is 1.29 bits per heavy atom. The summed E-state index contributed by atoms with van der Waals surface area (Å²) >= 11 is 0. The van der Waals surface area contributed by atoms with Gasteiger partial charge in [0.2, 0.25) is 0 Å². The van der Waals surface area contributed by atoms with Crippen molar-refractivity contribution in [2.45, 2.75) is 18.3 Å². The summed E-state index contributed by atoms with van der Waals surface area (Å²) in [6, 6.07) is 6.15. The monoisotopic (exact) mass is 255 g/mol. The quantitative estimate of drug-likeness (QED) is 0.834. The van der Waals surface area contributed by atoms with Gasteiger partial charge in [0.1, 0.15) is 11.5 Å². The molecule has 1 aromatic rings. The summed E-state index contributed by atoms with van der Waals surface area (Å²) < 4.78 is 11.1. The summed E-state index contributed by atoms with van der Waals surface area (Å²) in [5.74, 6) is 1.98. The molecule has 0 radical (unpaired) electrons. The molecular weight excluding hydrogens is 238 g/mol. The van der Waals surface area contributed by atoms with Crippen LogP contribution in [0, 0.1) is 0 Å². The van der Waals surface area contributed by atoms with Gasteiger partial charge in [-0.3, -0.25) is 0 Å². The Labute approximate surface area is 108 Å². The Balaban J connectivity index is 0.00000108. The molecule has 4 heteroatoms. The number of hydrogen-bond acceptors (Lipinski definition) is 3. The van der Waals surface area contributed by atoms with Crippen LogP contribution >= 0.6 is 12.4 Å². The van der Waals surface area contributed by atoms with Crippen molar-refractivity contribution < 1.29 is 9.47 Å². The first-order valence-electron chi connectivity index (χ1n) is 5.86. The van der Waals surface area contributed by atoms with E-state index in [1.165, 1.54) is 5.56 Å². The lowest BCUT2D eigenvalue weighted by atomic mass is 9.75. The van der Waals surface area contributed by atoms with Gasteiger partial charge in [-0.05, 0) is 44.1 Å². The number of hydrogen-bond donors (Lipinski definition) is 1. The normalized spacial score (nSPS) is 20.3. The summed E-state index contributed by atoms with van der Waals surface area (Å²) in [7, 11) is 1.71. The van der Waals surface area contributed by atoms with Crippen LogP contribution in [0.15, 0.2) is 18.2 Å². The lowest BCUT2D eigenvalue weighted by Crippen LogP contribution is -2.40. The molecule has 2 heterocycles. The van der Waals surface area contributed by atoms with Crippen molar-refractivity contribution in [1.29, 1.82) is 0 Å². The van der Waals surface area contributed by atoms with Gasteiger partial charge in [-0.1, -0.05) is 0 Å². The van der Waals surface area contributed by atoms with E-state index in [2.05, 4.69) is 11.4 Å². The molecule has 0 unspecified atom stereocenters. The predicted molar refractivity (Wildman–Crippen MR) is 69.5 cm³/mol. The third-order valence-corrected chi connectivity index (χ3v) is 3.82. The summed E-state index contributed by atoms with van der Waals surface area (Å²) in [5.41, 5.74) is 1.57. The molecule has 0 amide bonds. The van der Waals surface area contributed by atoms with E-state index in [0.717, 1.165) is 44.0 Å². The molecule has 1 N–H and O–H groups in total. The number of nitrogens with one attached hydrogen (secondary N) is 1. The van der Waals surface area contributed by atoms with Crippen LogP contribution in [0.3, 0.4) is 0 Å². The van der Waals surface area contributed by atoms with Crippen molar-refractivity contribution in [3.05, 3.63) is 23.8 Å². The molecule has 0 bridgehead atoms. The van der Waals surface area contributed by atoms with E-state index in [1.807, 2.05) is 12.1 Å². The maximum absolute atomic E-state index is 5.81. The molecule has 3 nitrogen and oxygen atoms in total. The zero-order valence-electron chi connectivity index (χ0n) is 9.99. The van der Waals surface area contributed by atoms with Gasteiger partial charge in [-0.25, -0.2) is 0 Å². The molecule has 2 aliphatic heterocycles. The maximum Gasteiger partial charge on any atom is 0.123 e. The highest BCUT2D eigenvalue weighted by atomic mass is 35.5. The number of rotatable bonds is 1. The molecule has 1 fully saturated rings. The van der Waals surface area contributed by atoms with E-state index in [1.54, 1.807) is 7.11 Å². The summed E-state index contributed by atoms with van der Waals surface area (Å²) in [6.07, 6.45) is 2.32. The summed E-state index contributed by atoms with van der Waals surface area (Å²) in [6.45, 7) is 3.00. The Bertz CT molecular complexity index is 397. The lowest BCUT2D eigenvalue weighted by Gasteiger charge is -2.32. The second-order valence-corrected chi connectivity index (χ2v) is 4.68. The number of piperidine rings is 1. The van der Waals surface area contributed by atoms with Gasteiger partial charge in [-0.2, -0.15) is 0 Å². The molecule has 2 aliphatic rings. The molecule has 0 aliphatic carbocycles. The number of halogens is 1. The minimum absolute atomic E-state index is 0. The van der Waals surface area contributed by atoms with Crippen molar-refractivity contribution in [3.8, 4) is 11.5 Å². The predicted octanol–water partition coefficient (Wildman–Crippen LogP) is 2.13. The van der Waals surface area contributed by atoms with Crippen LogP contribution < -0.4 is 14.8 Å². The first-order valence-corrected chi connectivity index (χ1v) is 5.86. The van der Waals surface area contributed by atoms with Crippen LogP contribution in [0.5, 0.6) is 11.5 Å². The van der Waals surface area contributed by atoms with Gasteiger partial charge in [0, 0.05) is 11.0 Å². The third kappa shape index (κ3) is 1.98. The minimum Gasteiger partial charge on any atom is -0.497 e. The average molecular weight is 256 g/mol. The topological polar surface area (TPSA) is 30.5 Å². The van der Waals surface area contributed by atoms with Crippen LogP contribution in [0.4, 0.5) is 0 Å². The smallest absolute Gasteiger partial charge is 0.123 e. The fourth-order valence-electron chi connectivity index (χ4n) is 2.79. The van der Waals surface area contributed by atoms with Crippen molar-refractivity contribution in [2.75, 3.05) is 26.8 Å². The fraction of sp³-hybridized carbons (Fsp3) is 0.538. The van der Waals surface area contributed by atoms with Gasteiger partial charge >= 0.3 is 0 Å². The van der Waals surface area contributed by atoms with Crippen LogP contribution in [-0.2, 0) is 5.41 Å². The Hall–Kier alpha value is -0.930. The van der Waals surface area contributed by atoms with E-state index in [9.17, 15) is 0 Å². The van der Waals surface area contributed by atoms with Gasteiger partial charge in [0.25, 0.3) is 0 Å². The molecule has 17 heavy (non-hydrogen) atoms. The number of fused-ring (bicyclic) bond motifs is 2. The first-order chi connectivity index (χ1) is 7.84. The van der Waals surface area contributed by atoms with Crippen LogP contribution in [-0.4, -0.2) is 26.8 Å². The van der Waals surface area contributed by atoms with Crippen LogP contribution in [0.2, 0.25) is 0 Å². The number of benzene rings is 1. The molecule has 0 aromatic heterocycles. The standard InChI is InChI=1S/C13H17NO2.ClH/c1-15-10-2-3-12-11(8-10)13(9-16-12)4-6-14-7-5-13;/h2-3,8,14H,4-7,9H2,1H3;1H. The molecule has 1 spiro atoms. The van der Waals surface area contributed by atoms with Gasteiger partial charge in [0.15, 0.2) is 0 Å². The van der Waals surface area contributed by atoms with Crippen molar-refractivity contribution >= 4 is 12.4 Å². The van der Waals surface area contributed by atoms with Crippen molar-refractivity contribution in [3.63, 3.8) is 0 Å². The highest BCUT2D eigenvalue weighted by molar-refractivity contribution is 5.85. The summed E-state index contributed by atoms with van der Waals surface area (Å²) in [5, 5.41) is 3.41. The van der Waals surface area contributed by atoms with E-state index in [0.29, 0.717) is 0 Å². The average Bonchev–Trinajstić information content (AvgIpc) is 2.69. The maximum atomic E-state index is 5.81. The molecule has 0 saturated carbocycles. The van der Waals surface area contributed by atoms with Crippen LogP contribution in [0.25, 0.3) is 0 Å². The number of methoxy groups -OCH3 is 1. The van der Waals surface area contributed by atoms with Gasteiger partial charge in [-0.15, -0.1) is 12.4 Å². The minimum atomic E-state index is 0. The highest BCUT2D eigenvalue weighted by Gasteiger charge is 2.41. The zero-order chi connectivity index (χ0) is 11.0.